The molecule has 0 aliphatic carbocycles. The summed E-state index contributed by atoms with van der Waals surface area (Å²) in [4.78, 5) is 14.2. The predicted molar refractivity (Wildman–Crippen MR) is 148 cm³/mol. The number of aliphatic hydroxyl groups is 1. The molecule has 2 aromatic rings. The number of amides is 1. The van der Waals surface area contributed by atoms with Gasteiger partial charge in [-0.1, -0.05) is 68.1 Å². The highest BCUT2D eigenvalue weighted by molar-refractivity contribution is 5.67. The van der Waals surface area contributed by atoms with Gasteiger partial charge in [-0.15, -0.1) is 0 Å². The van der Waals surface area contributed by atoms with Crippen molar-refractivity contribution in [2.45, 2.75) is 57.2 Å². The van der Waals surface area contributed by atoms with E-state index in [2.05, 4.69) is 23.7 Å². The zero-order chi connectivity index (χ0) is 28.0. The van der Waals surface area contributed by atoms with E-state index in [9.17, 15) is 9.90 Å². The van der Waals surface area contributed by atoms with Crippen LogP contribution in [0.25, 0.3) is 0 Å². The first kappa shape index (κ1) is 28.7. The normalized spacial score (nSPS) is 26.4. The van der Waals surface area contributed by atoms with Gasteiger partial charge in [0.15, 0.2) is 12.1 Å². The van der Waals surface area contributed by atoms with Gasteiger partial charge in [0, 0.05) is 50.5 Å². The lowest BCUT2D eigenvalue weighted by molar-refractivity contribution is -0.278. The number of hydrogen-bond donors (Lipinski definition) is 2. The van der Waals surface area contributed by atoms with E-state index < -0.39 is 18.2 Å². The van der Waals surface area contributed by atoms with Crippen LogP contribution in [0.3, 0.4) is 0 Å². The highest BCUT2D eigenvalue weighted by Crippen LogP contribution is 2.42. The second-order valence-electron chi connectivity index (χ2n) is 10.7. The van der Waals surface area contributed by atoms with Crippen molar-refractivity contribution in [3.05, 3.63) is 83.4 Å². The van der Waals surface area contributed by atoms with E-state index in [1.54, 1.807) is 0 Å². The first-order valence-corrected chi connectivity index (χ1v) is 14.1. The Balaban J connectivity index is 1.28. The third-order valence-corrected chi connectivity index (χ3v) is 8.01. The highest BCUT2D eigenvalue weighted by atomic mass is 16.7. The lowest BCUT2D eigenvalue weighted by Crippen LogP contribution is -2.50. The number of ether oxygens (including phenoxy) is 5. The van der Waals surface area contributed by atoms with Crippen molar-refractivity contribution < 1.29 is 33.6 Å². The monoisotopic (exact) mass is 552 g/mol. The second-order valence-corrected chi connectivity index (χ2v) is 10.7. The van der Waals surface area contributed by atoms with Gasteiger partial charge in [0.05, 0.1) is 32.0 Å². The number of carbonyl (C=O) groups excluding carboxylic acids is 1. The molecule has 9 heteroatoms. The molecule has 0 saturated carbocycles. The Kier molecular flexibility index (Phi) is 9.52. The smallest absolute Gasteiger partial charge is 0.407 e. The van der Waals surface area contributed by atoms with Gasteiger partial charge in [0.25, 0.3) is 0 Å². The van der Waals surface area contributed by atoms with E-state index >= 15 is 0 Å². The number of likely N-dealkylation sites (tertiary alicyclic amines) is 1. The van der Waals surface area contributed by atoms with Gasteiger partial charge < -0.3 is 39.0 Å². The van der Waals surface area contributed by atoms with Crippen molar-refractivity contribution in [3.63, 3.8) is 0 Å². The fraction of sp³-hybridized carbons (Fsp3) is 0.516. The molecule has 2 aromatic carbocycles. The first-order valence-electron chi connectivity index (χ1n) is 14.1. The number of hydrogen-bond acceptors (Lipinski definition) is 8. The maximum absolute atomic E-state index is 11.8. The number of benzene rings is 2. The molecule has 0 bridgehead atoms. The fourth-order valence-corrected chi connectivity index (χ4v) is 5.60. The summed E-state index contributed by atoms with van der Waals surface area (Å²) in [5.74, 6) is -0.298. The third-order valence-electron chi connectivity index (χ3n) is 8.01. The van der Waals surface area contributed by atoms with Gasteiger partial charge in [-0.05, 0) is 16.7 Å². The molecule has 4 atom stereocenters. The van der Waals surface area contributed by atoms with Crippen LogP contribution in [0, 0.1) is 5.92 Å². The molecule has 0 radical (unpaired) electrons. The van der Waals surface area contributed by atoms with Crippen LogP contribution in [0.1, 0.15) is 54.4 Å². The van der Waals surface area contributed by atoms with E-state index in [1.165, 1.54) is 6.08 Å². The second kappa shape index (κ2) is 13.2. The first-order chi connectivity index (χ1) is 19.5. The van der Waals surface area contributed by atoms with Crippen LogP contribution in [0.2, 0.25) is 0 Å². The average molecular weight is 553 g/mol. The van der Waals surface area contributed by atoms with Crippen LogP contribution in [0.4, 0.5) is 4.79 Å². The van der Waals surface area contributed by atoms with Crippen molar-refractivity contribution in [2.24, 2.45) is 5.92 Å². The Hall–Kier alpha value is -2.79. The summed E-state index contributed by atoms with van der Waals surface area (Å²) in [6, 6.07) is 15.8. The standard InChI is InChI=1S/C31H40N2O7/c1-3-16-36-30(35)32-19-23-4-10-26(11-5-23)29-39-27(20-33-14-12-31(13-15-33)37-17-18-38-31)22(2)28(40-29)25-8-6-24(21-34)7-9-25/h3-11,22,27-29,34H,1,12-21H2,2H3,(H,32,35)/t22-,27+,28+,29+/m0/s1. The van der Waals surface area contributed by atoms with Crippen molar-refractivity contribution in [1.29, 1.82) is 0 Å². The molecule has 1 spiro atoms. The van der Waals surface area contributed by atoms with E-state index in [4.69, 9.17) is 23.7 Å². The van der Waals surface area contributed by atoms with Crippen LogP contribution in [0.5, 0.6) is 0 Å². The Morgan fingerprint density at radius 2 is 1.70 bits per heavy atom. The molecule has 40 heavy (non-hydrogen) atoms. The lowest BCUT2D eigenvalue weighted by Gasteiger charge is -2.44. The van der Waals surface area contributed by atoms with Crippen LogP contribution >= 0.6 is 0 Å². The van der Waals surface area contributed by atoms with Gasteiger partial charge in [-0.3, -0.25) is 0 Å². The minimum absolute atomic E-state index is 0.00673. The highest BCUT2D eigenvalue weighted by Gasteiger charge is 2.43. The molecule has 3 fully saturated rings. The molecule has 3 aliphatic rings. The predicted octanol–water partition coefficient (Wildman–Crippen LogP) is 4.22. The number of nitrogens with zero attached hydrogens (tertiary/aromatic N) is 1. The summed E-state index contributed by atoms with van der Waals surface area (Å²) in [6.45, 7) is 10.2. The number of alkyl carbamates (subject to hydrolysis) is 1. The van der Waals surface area contributed by atoms with E-state index in [0.29, 0.717) is 19.8 Å². The maximum Gasteiger partial charge on any atom is 0.407 e. The molecule has 0 aromatic heterocycles. The molecule has 3 aliphatic heterocycles. The van der Waals surface area contributed by atoms with Crippen LogP contribution in [-0.4, -0.2) is 67.4 Å². The molecule has 5 rings (SSSR count). The van der Waals surface area contributed by atoms with Crippen LogP contribution in [-0.2, 0) is 36.8 Å². The molecule has 1 amide bonds. The van der Waals surface area contributed by atoms with E-state index in [-0.39, 0.29) is 31.3 Å². The van der Waals surface area contributed by atoms with Crippen LogP contribution < -0.4 is 5.32 Å². The number of piperidine rings is 1. The van der Waals surface area contributed by atoms with E-state index in [0.717, 1.165) is 54.7 Å². The number of carbonyl (C=O) groups is 1. The van der Waals surface area contributed by atoms with Gasteiger partial charge in [0.1, 0.15) is 6.61 Å². The molecule has 9 nitrogen and oxygen atoms in total. The summed E-state index contributed by atoms with van der Waals surface area (Å²) >= 11 is 0. The lowest BCUT2D eigenvalue weighted by atomic mass is 9.89. The molecular formula is C31H40N2O7. The van der Waals surface area contributed by atoms with Crippen molar-refractivity contribution >= 4 is 6.09 Å². The van der Waals surface area contributed by atoms with E-state index in [1.807, 2.05) is 48.5 Å². The molecule has 216 valence electrons. The molecule has 3 saturated heterocycles. The number of rotatable bonds is 9. The zero-order valence-corrected chi connectivity index (χ0v) is 23.1. The number of nitrogens with one attached hydrogen (secondary N) is 1. The Labute approximate surface area is 236 Å². The minimum Gasteiger partial charge on any atom is -0.445 e. The quantitative estimate of drug-likeness (QED) is 0.447. The molecular weight excluding hydrogens is 512 g/mol. The van der Waals surface area contributed by atoms with Gasteiger partial charge in [-0.2, -0.15) is 0 Å². The summed E-state index contributed by atoms with van der Waals surface area (Å²) in [6.07, 6.45) is 2.00. The minimum atomic E-state index is -0.541. The third kappa shape index (κ3) is 6.91. The fourth-order valence-electron chi connectivity index (χ4n) is 5.60. The summed E-state index contributed by atoms with van der Waals surface area (Å²) in [7, 11) is 0. The summed E-state index contributed by atoms with van der Waals surface area (Å²) < 4.78 is 30.0. The summed E-state index contributed by atoms with van der Waals surface area (Å²) in [5, 5.41) is 12.2. The largest absolute Gasteiger partial charge is 0.445 e. The molecule has 0 unspecified atom stereocenters. The Bertz CT molecular complexity index is 1110. The number of aliphatic hydroxyl groups excluding tert-OH is 1. The summed E-state index contributed by atoms with van der Waals surface area (Å²) in [5.41, 5.74) is 3.78. The Morgan fingerprint density at radius 1 is 1.05 bits per heavy atom. The SMILES string of the molecule is C=CCOC(=O)NCc1ccc([C@@H]2O[C@H](CN3CCC4(CC3)OCCO4)[C@H](C)[C@H](c3ccc(CO)cc3)O2)cc1. The van der Waals surface area contributed by atoms with Crippen molar-refractivity contribution in [2.75, 3.05) is 39.5 Å². The zero-order valence-electron chi connectivity index (χ0n) is 23.1. The van der Waals surface area contributed by atoms with Gasteiger partial charge in [-0.25, -0.2) is 4.79 Å². The average Bonchev–Trinajstić information content (AvgIpc) is 3.45. The Morgan fingerprint density at radius 3 is 2.35 bits per heavy atom. The molecule has 2 N–H and O–H groups in total. The van der Waals surface area contributed by atoms with Crippen LogP contribution in [0.15, 0.2) is 61.2 Å². The topological polar surface area (TPSA) is 98.7 Å². The van der Waals surface area contributed by atoms with Gasteiger partial charge in [0.2, 0.25) is 0 Å². The van der Waals surface area contributed by atoms with Crippen molar-refractivity contribution in [1.82, 2.24) is 10.2 Å². The van der Waals surface area contributed by atoms with Crippen molar-refractivity contribution in [3.8, 4) is 0 Å². The maximum atomic E-state index is 11.8. The van der Waals surface area contributed by atoms with Gasteiger partial charge >= 0.3 is 6.09 Å². The molecule has 3 heterocycles.